The summed E-state index contributed by atoms with van der Waals surface area (Å²) in [6.45, 7) is 7.20. The summed E-state index contributed by atoms with van der Waals surface area (Å²) in [7, 11) is -3.48. The van der Waals surface area contributed by atoms with Gasteiger partial charge in [-0.3, -0.25) is 14.3 Å². The summed E-state index contributed by atoms with van der Waals surface area (Å²) in [5.41, 5.74) is 0.802. The van der Waals surface area contributed by atoms with Gasteiger partial charge in [-0.1, -0.05) is 32.9 Å². The van der Waals surface area contributed by atoms with Gasteiger partial charge in [0.25, 0.3) is 5.91 Å². The first-order chi connectivity index (χ1) is 12.4. The Kier molecular flexibility index (Phi) is 5.96. The van der Waals surface area contributed by atoms with Gasteiger partial charge in [0.15, 0.2) is 0 Å². The molecule has 9 heteroatoms. The van der Waals surface area contributed by atoms with Crippen molar-refractivity contribution in [2.45, 2.75) is 27.7 Å². The highest BCUT2D eigenvalue weighted by Crippen LogP contribution is 2.30. The maximum atomic E-state index is 12.7. The van der Waals surface area contributed by atoms with Gasteiger partial charge in [-0.05, 0) is 30.7 Å². The lowest BCUT2D eigenvalue weighted by molar-refractivity contribution is -0.123. The third-order valence-electron chi connectivity index (χ3n) is 3.51. The highest BCUT2D eigenvalue weighted by molar-refractivity contribution is 7.92. The van der Waals surface area contributed by atoms with E-state index in [0.29, 0.717) is 15.6 Å². The van der Waals surface area contributed by atoms with E-state index in [0.717, 1.165) is 11.8 Å². The van der Waals surface area contributed by atoms with E-state index in [4.69, 9.17) is 0 Å². The van der Waals surface area contributed by atoms with Gasteiger partial charge >= 0.3 is 0 Å². The molecule has 27 heavy (non-hydrogen) atoms. The Bertz CT molecular complexity index is 973. The number of benzene rings is 1. The number of carbonyl (C=O) groups is 2. The number of amides is 2. The molecule has 3 N–H and O–H groups in total. The Morgan fingerprint density at radius 2 is 1.63 bits per heavy atom. The first-order valence-corrected chi connectivity index (χ1v) is 10.9. The molecule has 0 unspecified atom stereocenters. The van der Waals surface area contributed by atoms with Crippen LogP contribution in [0.15, 0.2) is 30.3 Å². The van der Waals surface area contributed by atoms with Crippen LogP contribution in [0.4, 0.5) is 16.4 Å². The van der Waals surface area contributed by atoms with Crippen molar-refractivity contribution in [3.63, 3.8) is 0 Å². The summed E-state index contributed by atoms with van der Waals surface area (Å²) in [5, 5.41) is 6.11. The first kappa shape index (κ1) is 20.9. The average Bonchev–Trinajstić information content (AvgIpc) is 2.87. The second-order valence-corrected chi connectivity index (χ2v) is 10.0. The molecule has 2 amide bonds. The normalized spacial score (nSPS) is 11.7. The monoisotopic (exact) mass is 409 g/mol. The van der Waals surface area contributed by atoms with Crippen LogP contribution in [0.5, 0.6) is 0 Å². The average molecular weight is 410 g/mol. The summed E-state index contributed by atoms with van der Waals surface area (Å²) in [5.74, 6) is -0.519. The number of rotatable bonds is 5. The van der Waals surface area contributed by atoms with Gasteiger partial charge in [0.2, 0.25) is 15.9 Å². The van der Waals surface area contributed by atoms with Crippen molar-refractivity contribution in [3.05, 3.63) is 40.8 Å². The molecule has 1 aromatic carbocycles. The third kappa shape index (κ3) is 5.80. The van der Waals surface area contributed by atoms with Gasteiger partial charge in [0.05, 0.1) is 27.5 Å². The molecule has 2 rings (SSSR count). The molecule has 2 aromatic rings. The Labute approximate surface area is 163 Å². The van der Waals surface area contributed by atoms with Gasteiger partial charge in [0.1, 0.15) is 0 Å². The molecule has 0 fully saturated rings. The number of anilines is 3. The van der Waals surface area contributed by atoms with Crippen molar-refractivity contribution >= 4 is 49.6 Å². The van der Waals surface area contributed by atoms with Crippen LogP contribution in [0, 0.1) is 12.3 Å². The fraction of sp³-hybridized carbons (Fsp3) is 0.333. The van der Waals surface area contributed by atoms with Crippen LogP contribution in [0.3, 0.4) is 0 Å². The van der Waals surface area contributed by atoms with Crippen molar-refractivity contribution in [2.75, 3.05) is 21.6 Å². The molecular weight excluding hydrogens is 386 g/mol. The molecule has 0 saturated heterocycles. The molecule has 1 heterocycles. The zero-order valence-electron chi connectivity index (χ0n) is 15.8. The molecule has 0 aliphatic heterocycles. The molecule has 0 bridgehead atoms. The van der Waals surface area contributed by atoms with Gasteiger partial charge < -0.3 is 10.6 Å². The predicted molar refractivity (Wildman–Crippen MR) is 110 cm³/mol. The van der Waals surface area contributed by atoms with Crippen molar-refractivity contribution in [3.8, 4) is 0 Å². The highest BCUT2D eigenvalue weighted by Gasteiger charge is 2.23. The number of thiophene rings is 1. The second kappa shape index (κ2) is 7.69. The van der Waals surface area contributed by atoms with Crippen molar-refractivity contribution in [1.29, 1.82) is 0 Å². The minimum Gasteiger partial charge on any atom is -0.319 e. The van der Waals surface area contributed by atoms with E-state index in [1.807, 2.05) is 20.8 Å². The Morgan fingerprint density at radius 1 is 1.04 bits per heavy atom. The van der Waals surface area contributed by atoms with Gasteiger partial charge in [-0.2, -0.15) is 0 Å². The van der Waals surface area contributed by atoms with E-state index in [-0.39, 0.29) is 17.5 Å². The lowest BCUT2D eigenvalue weighted by atomic mass is 9.96. The molecule has 0 atom stereocenters. The summed E-state index contributed by atoms with van der Waals surface area (Å²) in [6, 6.07) is 8.27. The predicted octanol–water partition coefficient (Wildman–Crippen LogP) is 3.66. The van der Waals surface area contributed by atoms with Gasteiger partial charge in [-0.25, -0.2) is 8.42 Å². The zero-order valence-corrected chi connectivity index (χ0v) is 17.5. The number of sulfonamides is 1. The molecule has 1 aromatic heterocycles. The Balaban J connectivity index is 2.22. The van der Waals surface area contributed by atoms with Crippen LogP contribution in [0.25, 0.3) is 0 Å². The van der Waals surface area contributed by atoms with Crippen LogP contribution in [0.2, 0.25) is 0 Å². The van der Waals surface area contributed by atoms with Crippen molar-refractivity contribution in [2.24, 2.45) is 5.41 Å². The summed E-state index contributed by atoms with van der Waals surface area (Å²) < 4.78 is 25.3. The fourth-order valence-corrected chi connectivity index (χ4v) is 3.67. The topological polar surface area (TPSA) is 104 Å². The standard InChI is InChI=1S/C18H23N3O4S2/c1-11-10-14(20-17(23)18(2,3)4)26-15(11)16(22)19-12-8-6-7-9-13(12)21-27(5,24)25/h6-10,21H,1-5H3,(H,19,22)(H,20,23). The van der Waals surface area contributed by atoms with Crippen molar-refractivity contribution in [1.82, 2.24) is 0 Å². The lowest BCUT2D eigenvalue weighted by Gasteiger charge is -2.16. The number of nitrogens with one attached hydrogen (secondary N) is 3. The Morgan fingerprint density at radius 3 is 2.19 bits per heavy atom. The van der Waals surface area contributed by atoms with E-state index < -0.39 is 15.4 Å². The molecule has 7 nitrogen and oxygen atoms in total. The number of hydrogen-bond donors (Lipinski definition) is 3. The molecule has 146 valence electrons. The molecule has 0 spiro atoms. The summed E-state index contributed by atoms with van der Waals surface area (Å²) >= 11 is 1.17. The largest absolute Gasteiger partial charge is 0.319 e. The molecule has 0 saturated carbocycles. The van der Waals surface area contributed by atoms with E-state index in [1.54, 1.807) is 37.3 Å². The van der Waals surface area contributed by atoms with Crippen LogP contribution in [-0.4, -0.2) is 26.5 Å². The summed E-state index contributed by atoms with van der Waals surface area (Å²) in [6.07, 6.45) is 1.04. The van der Waals surface area contributed by atoms with Crippen LogP contribution in [0.1, 0.15) is 36.0 Å². The first-order valence-electron chi connectivity index (χ1n) is 8.17. The Hall–Kier alpha value is -2.39. The smallest absolute Gasteiger partial charge is 0.266 e. The minimum atomic E-state index is -3.48. The fourth-order valence-electron chi connectivity index (χ4n) is 2.13. The van der Waals surface area contributed by atoms with Gasteiger partial charge in [-0.15, -0.1) is 11.3 Å². The minimum absolute atomic E-state index is 0.140. The maximum absolute atomic E-state index is 12.7. The van der Waals surface area contributed by atoms with E-state index in [9.17, 15) is 18.0 Å². The second-order valence-electron chi connectivity index (χ2n) is 7.20. The maximum Gasteiger partial charge on any atom is 0.266 e. The highest BCUT2D eigenvalue weighted by atomic mass is 32.2. The third-order valence-corrected chi connectivity index (χ3v) is 5.25. The van der Waals surface area contributed by atoms with Crippen LogP contribution >= 0.6 is 11.3 Å². The number of carbonyl (C=O) groups excluding carboxylic acids is 2. The molecule has 0 radical (unpaired) electrons. The number of hydrogen-bond acceptors (Lipinski definition) is 5. The van der Waals surface area contributed by atoms with Gasteiger partial charge in [0, 0.05) is 5.41 Å². The quantitative estimate of drug-likeness (QED) is 0.701. The molecule has 0 aliphatic carbocycles. The van der Waals surface area contributed by atoms with Crippen LogP contribution < -0.4 is 15.4 Å². The van der Waals surface area contributed by atoms with Crippen molar-refractivity contribution < 1.29 is 18.0 Å². The molecule has 0 aliphatic rings. The summed E-state index contributed by atoms with van der Waals surface area (Å²) in [4.78, 5) is 25.2. The van der Waals surface area contributed by atoms with E-state index >= 15 is 0 Å². The zero-order chi connectivity index (χ0) is 20.4. The van der Waals surface area contributed by atoms with Crippen LogP contribution in [-0.2, 0) is 14.8 Å². The van der Waals surface area contributed by atoms with E-state index in [1.165, 1.54) is 11.3 Å². The number of para-hydroxylation sites is 2. The van der Waals surface area contributed by atoms with E-state index in [2.05, 4.69) is 15.4 Å². The lowest BCUT2D eigenvalue weighted by Crippen LogP contribution is -2.27. The number of aryl methyl sites for hydroxylation is 1. The SMILES string of the molecule is Cc1cc(NC(=O)C(C)(C)C)sc1C(=O)Nc1ccccc1NS(C)(=O)=O. The molecular formula is C18H23N3O4S2.